The Morgan fingerprint density at radius 2 is 1.94 bits per heavy atom. The number of carboxylic acids is 1. The van der Waals surface area contributed by atoms with Gasteiger partial charge in [-0.3, -0.25) is 0 Å². The summed E-state index contributed by atoms with van der Waals surface area (Å²) in [5.74, 6) is -0.969. The lowest BCUT2D eigenvalue weighted by atomic mass is 9.84. The molecule has 0 heterocycles. The van der Waals surface area contributed by atoms with Crippen LogP contribution >= 0.6 is 11.6 Å². The SMILES string of the molecule is C=C(Cl)CNC(=O)NC(C(=O)O)C1CCCCC1. The Balaban J connectivity index is 2.48. The summed E-state index contributed by atoms with van der Waals surface area (Å²) in [7, 11) is 0. The number of carbonyl (C=O) groups is 2. The zero-order valence-corrected chi connectivity index (χ0v) is 11.0. The standard InChI is InChI=1S/C12H19ClN2O3/c1-8(13)7-14-12(18)15-10(11(16)17)9-5-3-2-4-6-9/h9-10H,1-7H2,(H,16,17)(H2,14,15,18). The molecule has 0 saturated heterocycles. The molecule has 18 heavy (non-hydrogen) atoms. The molecule has 2 amide bonds. The average molecular weight is 275 g/mol. The second-order valence-corrected chi connectivity index (χ2v) is 5.09. The van der Waals surface area contributed by atoms with Gasteiger partial charge in [0, 0.05) is 5.03 Å². The van der Waals surface area contributed by atoms with Crippen molar-refractivity contribution in [1.82, 2.24) is 10.6 Å². The number of halogens is 1. The van der Waals surface area contributed by atoms with Gasteiger partial charge in [0.05, 0.1) is 6.54 Å². The van der Waals surface area contributed by atoms with Crippen molar-refractivity contribution in [3.05, 3.63) is 11.6 Å². The maximum atomic E-state index is 11.5. The van der Waals surface area contributed by atoms with Crippen LogP contribution in [0.2, 0.25) is 0 Å². The highest BCUT2D eigenvalue weighted by atomic mass is 35.5. The fraction of sp³-hybridized carbons (Fsp3) is 0.667. The van der Waals surface area contributed by atoms with Crippen LogP contribution in [0, 0.1) is 5.92 Å². The molecular weight excluding hydrogens is 256 g/mol. The zero-order chi connectivity index (χ0) is 13.5. The van der Waals surface area contributed by atoms with Gasteiger partial charge in [-0.2, -0.15) is 0 Å². The molecule has 102 valence electrons. The van der Waals surface area contributed by atoms with E-state index in [0.29, 0.717) is 5.03 Å². The predicted molar refractivity (Wildman–Crippen MR) is 69.5 cm³/mol. The fourth-order valence-electron chi connectivity index (χ4n) is 2.22. The number of hydrogen-bond acceptors (Lipinski definition) is 2. The minimum atomic E-state index is -0.984. The number of nitrogens with one attached hydrogen (secondary N) is 2. The van der Waals surface area contributed by atoms with E-state index in [4.69, 9.17) is 16.7 Å². The number of carboxylic acid groups (broad SMARTS) is 1. The number of carbonyl (C=O) groups excluding carboxylic acids is 1. The van der Waals surface area contributed by atoms with Gasteiger partial charge in [-0.1, -0.05) is 37.4 Å². The van der Waals surface area contributed by atoms with E-state index >= 15 is 0 Å². The molecule has 1 atom stereocenters. The monoisotopic (exact) mass is 274 g/mol. The van der Waals surface area contributed by atoms with Gasteiger partial charge >= 0.3 is 12.0 Å². The Labute approximate surface area is 112 Å². The maximum Gasteiger partial charge on any atom is 0.326 e. The first-order chi connectivity index (χ1) is 8.50. The first-order valence-corrected chi connectivity index (χ1v) is 6.49. The molecule has 0 spiro atoms. The van der Waals surface area contributed by atoms with Crippen LogP contribution in [0.1, 0.15) is 32.1 Å². The summed E-state index contributed by atoms with van der Waals surface area (Å²) in [6, 6.07) is -1.34. The van der Waals surface area contributed by atoms with Crippen molar-refractivity contribution < 1.29 is 14.7 Å². The second kappa shape index (κ2) is 7.26. The summed E-state index contributed by atoms with van der Waals surface area (Å²) in [6.45, 7) is 3.57. The molecule has 0 aromatic carbocycles. The van der Waals surface area contributed by atoms with Crippen molar-refractivity contribution in [3.63, 3.8) is 0 Å². The van der Waals surface area contributed by atoms with Crippen molar-refractivity contribution >= 4 is 23.6 Å². The van der Waals surface area contributed by atoms with E-state index in [0.717, 1.165) is 32.1 Å². The Bertz CT molecular complexity index is 327. The molecule has 0 aliphatic heterocycles. The zero-order valence-electron chi connectivity index (χ0n) is 10.2. The highest BCUT2D eigenvalue weighted by Gasteiger charge is 2.30. The van der Waals surface area contributed by atoms with Gasteiger partial charge in [0.1, 0.15) is 6.04 Å². The van der Waals surface area contributed by atoms with Crippen LogP contribution in [0.25, 0.3) is 0 Å². The van der Waals surface area contributed by atoms with Crippen LogP contribution in [0.4, 0.5) is 4.79 Å². The van der Waals surface area contributed by atoms with Crippen LogP contribution in [-0.4, -0.2) is 29.7 Å². The Morgan fingerprint density at radius 1 is 1.33 bits per heavy atom. The number of rotatable bonds is 5. The van der Waals surface area contributed by atoms with Gasteiger partial charge in [-0.25, -0.2) is 9.59 Å². The van der Waals surface area contributed by atoms with E-state index in [-0.39, 0.29) is 12.5 Å². The number of hydrogen-bond donors (Lipinski definition) is 3. The third-order valence-electron chi connectivity index (χ3n) is 3.11. The second-order valence-electron chi connectivity index (χ2n) is 4.56. The highest BCUT2D eigenvalue weighted by molar-refractivity contribution is 6.29. The van der Waals surface area contributed by atoms with E-state index in [1.54, 1.807) is 0 Å². The fourth-order valence-corrected chi connectivity index (χ4v) is 2.28. The molecule has 5 nitrogen and oxygen atoms in total. The van der Waals surface area contributed by atoms with Crippen LogP contribution in [0.5, 0.6) is 0 Å². The topological polar surface area (TPSA) is 78.4 Å². The third kappa shape index (κ3) is 4.96. The van der Waals surface area contributed by atoms with Gasteiger partial charge in [0.2, 0.25) is 0 Å². The molecule has 6 heteroatoms. The number of aliphatic carboxylic acids is 1. The normalized spacial score (nSPS) is 17.8. The Morgan fingerprint density at radius 3 is 2.44 bits per heavy atom. The van der Waals surface area contributed by atoms with Crippen LogP contribution < -0.4 is 10.6 Å². The van der Waals surface area contributed by atoms with E-state index in [1.807, 2.05) is 0 Å². The molecule has 1 unspecified atom stereocenters. The summed E-state index contributed by atoms with van der Waals surface area (Å²) in [6.07, 6.45) is 4.88. The quantitative estimate of drug-likeness (QED) is 0.718. The average Bonchev–Trinajstić information content (AvgIpc) is 2.34. The molecule has 1 aliphatic rings. The van der Waals surface area contributed by atoms with Crippen LogP contribution in [0.3, 0.4) is 0 Å². The molecule has 0 aromatic heterocycles. The molecule has 1 aliphatic carbocycles. The van der Waals surface area contributed by atoms with E-state index in [1.165, 1.54) is 0 Å². The third-order valence-corrected chi connectivity index (χ3v) is 3.25. The minimum absolute atomic E-state index is 0.0150. The molecule has 3 N–H and O–H groups in total. The molecule has 1 saturated carbocycles. The first-order valence-electron chi connectivity index (χ1n) is 6.11. The van der Waals surface area contributed by atoms with Crippen molar-refractivity contribution in [3.8, 4) is 0 Å². The van der Waals surface area contributed by atoms with Gasteiger partial charge in [0.15, 0.2) is 0 Å². The summed E-state index contributed by atoms with van der Waals surface area (Å²) >= 11 is 5.52. The van der Waals surface area contributed by atoms with Gasteiger partial charge < -0.3 is 15.7 Å². The lowest BCUT2D eigenvalue weighted by Crippen LogP contribution is -2.50. The predicted octanol–water partition coefficient (Wildman–Crippen LogP) is 2.07. The van der Waals surface area contributed by atoms with Crippen molar-refractivity contribution in [1.29, 1.82) is 0 Å². The van der Waals surface area contributed by atoms with Crippen LogP contribution in [0.15, 0.2) is 11.6 Å². The number of urea groups is 1. The van der Waals surface area contributed by atoms with E-state index < -0.39 is 18.0 Å². The Kier molecular flexibility index (Phi) is 5.98. The smallest absolute Gasteiger partial charge is 0.326 e. The van der Waals surface area contributed by atoms with Crippen LogP contribution in [-0.2, 0) is 4.79 Å². The van der Waals surface area contributed by atoms with E-state index in [9.17, 15) is 9.59 Å². The van der Waals surface area contributed by atoms with Crippen molar-refractivity contribution in [2.24, 2.45) is 5.92 Å². The maximum absolute atomic E-state index is 11.5. The lowest BCUT2D eigenvalue weighted by Gasteiger charge is -2.28. The molecular formula is C12H19ClN2O3. The summed E-state index contributed by atoms with van der Waals surface area (Å²) < 4.78 is 0. The molecule has 0 aromatic rings. The largest absolute Gasteiger partial charge is 0.480 e. The van der Waals surface area contributed by atoms with E-state index in [2.05, 4.69) is 17.2 Å². The lowest BCUT2D eigenvalue weighted by molar-refractivity contribution is -0.141. The summed E-state index contributed by atoms with van der Waals surface area (Å²) in [5, 5.41) is 14.4. The summed E-state index contributed by atoms with van der Waals surface area (Å²) in [5.41, 5.74) is 0. The van der Waals surface area contributed by atoms with Gasteiger partial charge in [-0.15, -0.1) is 0 Å². The van der Waals surface area contributed by atoms with Gasteiger partial charge in [0.25, 0.3) is 0 Å². The summed E-state index contributed by atoms with van der Waals surface area (Å²) in [4.78, 5) is 22.7. The van der Waals surface area contributed by atoms with Crippen molar-refractivity contribution in [2.45, 2.75) is 38.1 Å². The molecule has 0 bridgehead atoms. The van der Waals surface area contributed by atoms with Gasteiger partial charge in [-0.05, 0) is 18.8 Å². The first kappa shape index (κ1) is 14.8. The molecule has 0 radical (unpaired) electrons. The highest BCUT2D eigenvalue weighted by Crippen LogP contribution is 2.26. The Hall–Kier alpha value is -1.23. The molecule has 1 rings (SSSR count). The molecule has 1 fully saturated rings. The number of amides is 2. The van der Waals surface area contributed by atoms with Crippen molar-refractivity contribution in [2.75, 3.05) is 6.54 Å². The minimum Gasteiger partial charge on any atom is -0.480 e.